The summed E-state index contributed by atoms with van der Waals surface area (Å²) in [6.07, 6.45) is 1.61. The van der Waals surface area contributed by atoms with E-state index < -0.39 is 12.0 Å². The highest BCUT2D eigenvalue weighted by Gasteiger charge is 2.37. The number of methoxy groups -OCH3 is 1. The number of anilines is 2. The van der Waals surface area contributed by atoms with E-state index in [-0.39, 0.29) is 36.6 Å². The molecule has 4 aromatic carbocycles. The van der Waals surface area contributed by atoms with Gasteiger partial charge in [-0.3, -0.25) is 4.79 Å². The summed E-state index contributed by atoms with van der Waals surface area (Å²) in [7, 11) is 1.52. The van der Waals surface area contributed by atoms with Crippen molar-refractivity contribution in [2.45, 2.75) is 44.9 Å². The van der Waals surface area contributed by atoms with Gasteiger partial charge < -0.3 is 34.9 Å². The maximum Gasteiger partial charge on any atom is 0.335 e. The van der Waals surface area contributed by atoms with Crippen LogP contribution in [0.15, 0.2) is 97.1 Å². The Labute approximate surface area is 274 Å². The summed E-state index contributed by atoms with van der Waals surface area (Å²) < 4.78 is 17.7. The van der Waals surface area contributed by atoms with Crippen LogP contribution < -0.4 is 20.1 Å². The Kier molecular flexibility index (Phi) is 11.1. The molecule has 0 aliphatic carbocycles. The molecule has 0 saturated carbocycles. The van der Waals surface area contributed by atoms with Gasteiger partial charge in [-0.05, 0) is 78.9 Å². The number of likely N-dealkylation sites (tertiary alicyclic amines) is 1. The number of hydrogen-bond donors (Lipinski definition) is 3. The van der Waals surface area contributed by atoms with Gasteiger partial charge in [-0.15, -0.1) is 0 Å². The molecule has 1 aliphatic heterocycles. The molecular formula is C37H39N3O7. The van der Waals surface area contributed by atoms with Gasteiger partial charge in [0.2, 0.25) is 5.91 Å². The fraction of sp³-hybridized carbons (Fsp3) is 0.270. The Balaban J connectivity index is 1.26. The normalized spacial score (nSPS) is 15.6. The van der Waals surface area contributed by atoms with E-state index >= 15 is 0 Å². The Hall–Kier alpha value is -5.35. The van der Waals surface area contributed by atoms with E-state index in [2.05, 4.69) is 10.6 Å². The molecule has 3 N–H and O–H groups in total. The van der Waals surface area contributed by atoms with Gasteiger partial charge in [0.05, 0.1) is 50.1 Å². The van der Waals surface area contributed by atoms with Crippen molar-refractivity contribution in [3.63, 3.8) is 0 Å². The van der Waals surface area contributed by atoms with Crippen molar-refractivity contribution in [2.75, 3.05) is 31.0 Å². The van der Waals surface area contributed by atoms with Crippen LogP contribution in [0.25, 0.3) is 0 Å². The van der Waals surface area contributed by atoms with E-state index in [9.17, 15) is 19.5 Å². The van der Waals surface area contributed by atoms with Crippen LogP contribution in [0.3, 0.4) is 0 Å². The largest absolute Gasteiger partial charge is 0.495 e. The fourth-order valence-corrected chi connectivity index (χ4v) is 5.67. The number of carbonyl (C=O) groups excluding carboxylic acids is 2. The predicted octanol–water partition coefficient (Wildman–Crippen LogP) is 6.54. The third-order valence-electron chi connectivity index (χ3n) is 8.14. The first-order chi connectivity index (χ1) is 22.8. The highest BCUT2D eigenvalue weighted by molar-refractivity contribution is 6.01. The summed E-state index contributed by atoms with van der Waals surface area (Å²) in [6.45, 7) is 3.00. The van der Waals surface area contributed by atoms with Crippen molar-refractivity contribution < 1.29 is 33.7 Å². The molecule has 2 atom stereocenters. The van der Waals surface area contributed by atoms with Crippen LogP contribution in [0.5, 0.6) is 11.5 Å². The number of amides is 3. The lowest BCUT2D eigenvalue weighted by atomic mass is 10.1. The molecule has 0 aromatic heterocycles. The number of carboxylic acid groups (broad SMARTS) is 1. The zero-order chi connectivity index (χ0) is 33.2. The maximum atomic E-state index is 13.9. The van der Waals surface area contributed by atoms with Gasteiger partial charge in [0.25, 0.3) is 0 Å². The number of rotatable bonds is 13. The molecule has 47 heavy (non-hydrogen) atoms. The number of carbonyl (C=O) groups is 3. The summed E-state index contributed by atoms with van der Waals surface area (Å²) in [5.41, 5.74) is 4.08. The lowest BCUT2D eigenvalue weighted by Gasteiger charge is -2.30. The van der Waals surface area contributed by atoms with Crippen molar-refractivity contribution in [3.05, 3.63) is 119 Å². The molecule has 1 heterocycles. The summed E-state index contributed by atoms with van der Waals surface area (Å²) >= 11 is 0. The molecule has 0 bridgehead atoms. The second-order valence-electron chi connectivity index (χ2n) is 11.4. The molecule has 5 rings (SSSR count). The number of aromatic carboxylic acids is 1. The highest BCUT2D eigenvalue weighted by Crippen LogP contribution is 2.30. The lowest BCUT2D eigenvalue weighted by Crippen LogP contribution is -2.46. The van der Waals surface area contributed by atoms with Crippen LogP contribution >= 0.6 is 0 Å². The summed E-state index contributed by atoms with van der Waals surface area (Å²) in [4.78, 5) is 39.7. The van der Waals surface area contributed by atoms with E-state index in [1.54, 1.807) is 30.3 Å². The minimum atomic E-state index is -1.01. The molecule has 1 saturated heterocycles. The standard InChI is InChI=1S/C37H39N3O7/c1-25-8-6-7-11-32(25)38-37(44)39-33-19-12-27(20-34(33)45-2)21-35(41)40-29(23-46-22-26-9-4-3-5-10-26)15-16-30(40)24-47-31-17-13-28(14-18-31)36(42)43/h3-14,17-20,29-30H,15-16,21-24H2,1-2H3,(H,42,43)(H2,38,39,44)/t29-,30-/m0/s1. The van der Waals surface area contributed by atoms with Crippen LogP contribution in [0, 0.1) is 6.92 Å². The number of nitrogens with one attached hydrogen (secondary N) is 2. The average Bonchev–Trinajstić information content (AvgIpc) is 3.49. The maximum absolute atomic E-state index is 13.9. The van der Waals surface area contributed by atoms with Crippen LogP contribution in [0.1, 0.15) is 39.9 Å². The molecule has 10 nitrogen and oxygen atoms in total. The van der Waals surface area contributed by atoms with Crippen LogP contribution in [0.4, 0.5) is 16.2 Å². The monoisotopic (exact) mass is 637 g/mol. The third kappa shape index (κ3) is 8.89. The molecule has 1 fully saturated rings. The minimum absolute atomic E-state index is 0.0781. The van der Waals surface area contributed by atoms with Crippen molar-refractivity contribution in [3.8, 4) is 11.5 Å². The first kappa shape index (κ1) is 33.0. The first-order valence-corrected chi connectivity index (χ1v) is 15.5. The molecular weight excluding hydrogens is 598 g/mol. The van der Waals surface area contributed by atoms with Gasteiger partial charge in [0.1, 0.15) is 18.1 Å². The number of ether oxygens (including phenoxy) is 3. The first-order valence-electron chi connectivity index (χ1n) is 15.5. The molecule has 10 heteroatoms. The topological polar surface area (TPSA) is 126 Å². The van der Waals surface area contributed by atoms with E-state index in [4.69, 9.17) is 14.2 Å². The predicted molar refractivity (Wildman–Crippen MR) is 179 cm³/mol. The number of aryl methyl sites for hydroxylation is 1. The zero-order valence-corrected chi connectivity index (χ0v) is 26.5. The summed E-state index contributed by atoms with van der Waals surface area (Å²) in [5, 5.41) is 14.9. The number of benzene rings is 4. The fourth-order valence-electron chi connectivity index (χ4n) is 5.67. The van der Waals surface area contributed by atoms with E-state index in [1.807, 2.05) is 66.4 Å². The molecule has 1 aliphatic rings. The van der Waals surface area contributed by atoms with Crippen LogP contribution in [-0.2, 0) is 22.6 Å². The SMILES string of the molecule is COc1cc(CC(=O)N2[C@H](COCc3ccccc3)CC[C@H]2COc2ccc(C(=O)O)cc2)ccc1NC(=O)Nc1ccccc1C. The van der Waals surface area contributed by atoms with Crippen molar-refractivity contribution in [1.82, 2.24) is 4.90 Å². The number of hydrogen-bond acceptors (Lipinski definition) is 6. The number of urea groups is 1. The van der Waals surface area contributed by atoms with Crippen molar-refractivity contribution in [2.24, 2.45) is 0 Å². The molecule has 0 spiro atoms. The molecule has 0 unspecified atom stereocenters. The Morgan fingerprint density at radius 2 is 1.49 bits per heavy atom. The second-order valence-corrected chi connectivity index (χ2v) is 11.4. The molecule has 244 valence electrons. The molecule has 3 amide bonds. The number of nitrogens with zero attached hydrogens (tertiary/aromatic N) is 1. The Morgan fingerprint density at radius 3 is 2.19 bits per heavy atom. The third-order valence-corrected chi connectivity index (χ3v) is 8.14. The van der Waals surface area contributed by atoms with E-state index in [0.29, 0.717) is 36.1 Å². The lowest BCUT2D eigenvalue weighted by molar-refractivity contribution is -0.135. The number of para-hydroxylation sites is 1. The van der Waals surface area contributed by atoms with Gasteiger partial charge in [-0.2, -0.15) is 0 Å². The smallest absolute Gasteiger partial charge is 0.335 e. The van der Waals surface area contributed by atoms with Gasteiger partial charge >= 0.3 is 12.0 Å². The summed E-state index contributed by atoms with van der Waals surface area (Å²) in [5.74, 6) is -0.117. The molecule has 4 aromatic rings. The Bertz CT molecular complexity index is 1680. The number of carboxylic acids is 1. The van der Waals surface area contributed by atoms with Crippen molar-refractivity contribution >= 4 is 29.3 Å². The Morgan fingerprint density at radius 1 is 0.809 bits per heavy atom. The van der Waals surface area contributed by atoms with E-state index in [0.717, 1.165) is 29.5 Å². The minimum Gasteiger partial charge on any atom is -0.495 e. The average molecular weight is 638 g/mol. The van der Waals surface area contributed by atoms with Gasteiger partial charge in [-0.1, -0.05) is 54.6 Å². The highest BCUT2D eigenvalue weighted by atomic mass is 16.5. The molecule has 0 radical (unpaired) electrons. The van der Waals surface area contributed by atoms with Gasteiger partial charge in [0.15, 0.2) is 0 Å². The summed E-state index contributed by atoms with van der Waals surface area (Å²) in [6, 6.07) is 28.2. The zero-order valence-electron chi connectivity index (χ0n) is 26.5. The van der Waals surface area contributed by atoms with Crippen LogP contribution in [-0.4, -0.2) is 60.3 Å². The van der Waals surface area contributed by atoms with Gasteiger partial charge in [-0.25, -0.2) is 9.59 Å². The van der Waals surface area contributed by atoms with Crippen LogP contribution in [0.2, 0.25) is 0 Å². The quantitative estimate of drug-likeness (QED) is 0.152. The van der Waals surface area contributed by atoms with Gasteiger partial charge in [0, 0.05) is 5.69 Å². The van der Waals surface area contributed by atoms with Crippen molar-refractivity contribution in [1.29, 1.82) is 0 Å². The second kappa shape index (κ2) is 15.8. The van der Waals surface area contributed by atoms with E-state index in [1.165, 1.54) is 19.2 Å².